The third kappa shape index (κ3) is 8.87. The maximum Gasteiger partial charge on any atom is -0.0312 e. The minimum absolute atomic E-state index is 0.568. The summed E-state index contributed by atoms with van der Waals surface area (Å²) >= 11 is -0.568. The van der Waals surface area contributed by atoms with Crippen LogP contribution in [-0.2, 0) is 0 Å². The molecule has 0 saturated heterocycles. The molecule has 2 heteroatoms. The Morgan fingerprint density at radius 3 is 1.11 bits per heavy atom. The Labute approximate surface area is 180 Å². The predicted octanol–water partition coefficient (Wildman–Crippen LogP) is 6.37. The van der Waals surface area contributed by atoms with Crippen LogP contribution in [0.15, 0.2) is 64.3 Å². The SMILES string of the molecule is CC([Te]Cl)=C(c1ccccc1)c1ccccc1.[CH]1[CH][CH][CH][CH]1.[CH]1[CH][CH][CH][CH]1. The van der Waals surface area contributed by atoms with E-state index in [9.17, 15) is 0 Å². The van der Waals surface area contributed by atoms with Crippen molar-refractivity contribution in [3.05, 3.63) is 140 Å². The Morgan fingerprint density at radius 2 is 0.852 bits per heavy atom. The molecule has 0 aromatic heterocycles. The molecule has 0 spiro atoms. The molecule has 0 bridgehead atoms. The zero-order chi connectivity index (χ0) is 19.2. The minimum atomic E-state index is -0.568. The zero-order valence-corrected chi connectivity index (χ0v) is 18.4. The summed E-state index contributed by atoms with van der Waals surface area (Å²) in [4.78, 5) is 0. The largest absolute Gasteiger partial charge is 0.0312 e. The van der Waals surface area contributed by atoms with Crippen molar-refractivity contribution in [1.29, 1.82) is 0 Å². The van der Waals surface area contributed by atoms with Gasteiger partial charge in [-0.1, -0.05) is 0 Å². The second-order valence-corrected chi connectivity index (χ2v) is 8.89. The predicted molar refractivity (Wildman–Crippen MR) is 119 cm³/mol. The van der Waals surface area contributed by atoms with Gasteiger partial charge in [0.05, 0.1) is 0 Å². The zero-order valence-electron chi connectivity index (χ0n) is 15.3. The van der Waals surface area contributed by atoms with E-state index in [0.29, 0.717) is 0 Å². The first-order valence-corrected chi connectivity index (χ1v) is 12.9. The molecule has 2 saturated carbocycles. The fourth-order valence-corrected chi connectivity index (χ4v) is 3.87. The molecule has 2 fully saturated rings. The van der Waals surface area contributed by atoms with E-state index < -0.39 is 19.8 Å². The van der Waals surface area contributed by atoms with Crippen molar-refractivity contribution in [3.8, 4) is 0 Å². The first-order valence-electron chi connectivity index (χ1n) is 8.76. The summed E-state index contributed by atoms with van der Waals surface area (Å²) in [5.41, 5.74) is 3.80. The Bertz CT molecular complexity index is 574. The molecule has 2 aliphatic rings. The van der Waals surface area contributed by atoms with Gasteiger partial charge in [0.1, 0.15) is 0 Å². The first kappa shape index (κ1) is 22.5. The molecule has 136 valence electrons. The van der Waals surface area contributed by atoms with Gasteiger partial charge in [0.2, 0.25) is 0 Å². The molecular weight excluding hydrogens is 463 g/mol. The van der Waals surface area contributed by atoms with Gasteiger partial charge in [0.15, 0.2) is 0 Å². The molecule has 0 nitrogen and oxygen atoms in total. The van der Waals surface area contributed by atoms with Crippen LogP contribution in [0.25, 0.3) is 5.57 Å². The topological polar surface area (TPSA) is 0 Å². The van der Waals surface area contributed by atoms with E-state index in [1.54, 1.807) is 0 Å². The summed E-state index contributed by atoms with van der Waals surface area (Å²) in [6.45, 7) is 2.14. The van der Waals surface area contributed by atoms with Gasteiger partial charge in [-0.05, 0) is 64.2 Å². The Morgan fingerprint density at radius 1 is 0.556 bits per heavy atom. The van der Waals surface area contributed by atoms with Crippen molar-refractivity contribution >= 4 is 34.3 Å². The molecule has 2 aromatic carbocycles. The van der Waals surface area contributed by atoms with Crippen LogP contribution in [0.1, 0.15) is 18.1 Å². The maximum atomic E-state index is 6.12. The van der Waals surface area contributed by atoms with E-state index in [0.717, 1.165) is 0 Å². The monoisotopic (exact) mass is 488 g/mol. The van der Waals surface area contributed by atoms with Crippen molar-refractivity contribution in [2.45, 2.75) is 6.92 Å². The van der Waals surface area contributed by atoms with Crippen LogP contribution < -0.4 is 0 Å². The normalized spacial score (nSPS) is 15.2. The summed E-state index contributed by atoms with van der Waals surface area (Å²) in [7, 11) is 6.12. The number of halogens is 1. The fourth-order valence-electron chi connectivity index (χ4n) is 2.46. The molecule has 0 N–H and O–H groups in total. The van der Waals surface area contributed by atoms with E-state index in [-0.39, 0.29) is 0 Å². The molecule has 0 unspecified atom stereocenters. The molecule has 0 atom stereocenters. The van der Waals surface area contributed by atoms with Gasteiger partial charge in [-0.25, -0.2) is 0 Å². The van der Waals surface area contributed by atoms with Gasteiger partial charge >= 0.3 is 117 Å². The van der Waals surface area contributed by atoms with Gasteiger partial charge in [-0.3, -0.25) is 0 Å². The van der Waals surface area contributed by atoms with Crippen LogP contribution >= 0.6 is 8.96 Å². The molecule has 10 radical (unpaired) electrons. The van der Waals surface area contributed by atoms with E-state index in [2.05, 4.69) is 55.5 Å². The van der Waals surface area contributed by atoms with Gasteiger partial charge in [0, 0.05) is 0 Å². The van der Waals surface area contributed by atoms with Crippen molar-refractivity contribution in [2.24, 2.45) is 0 Å². The summed E-state index contributed by atoms with van der Waals surface area (Å²) < 4.78 is 1.33. The molecule has 4 rings (SSSR count). The molecule has 2 aliphatic carbocycles. The Hall–Kier alpha value is -0.740. The second kappa shape index (κ2) is 14.3. The van der Waals surface area contributed by atoms with Crippen molar-refractivity contribution in [2.75, 3.05) is 0 Å². The minimum Gasteiger partial charge on any atom is -0.0312 e. The molecule has 2 aromatic rings. The van der Waals surface area contributed by atoms with Crippen LogP contribution in [0.3, 0.4) is 0 Å². The average molecular weight is 487 g/mol. The van der Waals surface area contributed by atoms with E-state index in [4.69, 9.17) is 8.96 Å². The summed E-state index contributed by atoms with van der Waals surface area (Å²) in [6, 6.07) is 20.9. The average Bonchev–Trinajstić information content (AvgIpc) is 3.48. The Balaban J connectivity index is 0.000000210. The number of benzene rings is 2. The van der Waals surface area contributed by atoms with Crippen LogP contribution in [0, 0.1) is 64.2 Å². The van der Waals surface area contributed by atoms with Crippen LogP contribution in [0.4, 0.5) is 0 Å². The van der Waals surface area contributed by atoms with E-state index >= 15 is 0 Å². The molecule has 0 amide bonds. The smallest absolute Gasteiger partial charge is 0.0312 e. The summed E-state index contributed by atoms with van der Waals surface area (Å²) in [5.74, 6) is 0. The Kier molecular flexibility index (Phi) is 11.9. The third-order valence-electron chi connectivity index (χ3n) is 3.70. The van der Waals surface area contributed by atoms with Gasteiger partial charge in [-0.15, -0.1) is 0 Å². The molecule has 0 heterocycles. The number of hydrogen-bond acceptors (Lipinski definition) is 0. The van der Waals surface area contributed by atoms with Crippen molar-refractivity contribution in [1.82, 2.24) is 0 Å². The number of hydrogen-bond donors (Lipinski definition) is 0. The summed E-state index contributed by atoms with van der Waals surface area (Å²) in [5, 5.41) is 0. The molecule has 0 aliphatic heterocycles. The van der Waals surface area contributed by atoms with Crippen molar-refractivity contribution < 1.29 is 0 Å². The van der Waals surface area contributed by atoms with Crippen LogP contribution in [0.2, 0.25) is 0 Å². The quantitative estimate of drug-likeness (QED) is 0.443. The molecular formula is C25H23ClTe. The van der Waals surface area contributed by atoms with Crippen molar-refractivity contribution in [3.63, 3.8) is 0 Å². The van der Waals surface area contributed by atoms with Gasteiger partial charge < -0.3 is 0 Å². The van der Waals surface area contributed by atoms with Crippen LogP contribution in [0.5, 0.6) is 0 Å². The van der Waals surface area contributed by atoms with E-state index in [1.165, 1.54) is 20.3 Å². The number of rotatable bonds is 3. The molecule has 27 heavy (non-hydrogen) atoms. The number of allylic oxidation sites excluding steroid dienone is 1. The maximum absolute atomic E-state index is 6.12. The fraction of sp³-hybridized carbons (Fsp3) is 0.0400. The second-order valence-electron chi connectivity index (χ2n) is 5.66. The van der Waals surface area contributed by atoms with Crippen LogP contribution in [-0.4, -0.2) is 19.8 Å². The van der Waals surface area contributed by atoms with Gasteiger partial charge in [-0.2, -0.15) is 0 Å². The van der Waals surface area contributed by atoms with Gasteiger partial charge in [0.25, 0.3) is 0 Å². The standard InChI is InChI=1S/C15H13ClTe.2C5H5/c1-12(17-16)15(13-8-4-2-5-9-13)14-10-6-3-7-11-14;2*1-2-4-5-3-1/h2-11H,1H3;2*1-5H. The van der Waals surface area contributed by atoms with E-state index in [1.807, 2.05) is 76.3 Å². The first-order chi connectivity index (χ1) is 13.3. The third-order valence-corrected chi connectivity index (χ3v) is 6.50. The summed E-state index contributed by atoms with van der Waals surface area (Å²) in [6.07, 6.45) is 20.0.